The van der Waals surface area contributed by atoms with Gasteiger partial charge in [-0.25, -0.2) is 4.79 Å². The summed E-state index contributed by atoms with van der Waals surface area (Å²) in [5, 5.41) is 0. The van der Waals surface area contributed by atoms with Crippen molar-refractivity contribution in [2.24, 2.45) is 0 Å². The maximum absolute atomic E-state index is 13.7. The Balaban J connectivity index is 1.57. The summed E-state index contributed by atoms with van der Waals surface area (Å²) in [6, 6.07) is 21.5. The number of carbonyl (C=O) groups is 2. The van der Waals surface area contributed by atoms with Crippen LogP contribution >= 0.6 is 0 Å². The Morgan fingerprint density at radius 1 is 0.889 bits per heavy atom. The number of carbonyl (C=O) groups excluding carboxylic acids is 2. The number of hydrogen-bond donors (Lipinski definition) is 2. The number of anilines is 2. The molecule has 4 aromatic rings. The van der Waals surface area contributed by atoms with Crippen LogP contribution in [-0.2, 0) is 6.54 Å². The minimum Gasteiger partial charge on any atom is -0.383 e. The number of ketones is 1. The van der Waals surface area contributed by atoms with Gasteiger partial charge in [0.25, 0.3) is 11.5 Å². The minimum atomic E-state index is -0.742. The second-order valence-corrected chi connectivity index (χ2v) is 8.66. The molecular weight excluding hydrogens is 456 g/mol. The highest BCUT2D eigenvalue weighted by Gasteiger charge is 2.29. The number of benzene rings is 3. The van der Waals surface area contributed by atoms with E-state index in [1.165, 1.54) is 9.47 Å². The monoisotopic (exact) mass is 480 g/mol. The molecule has 8 heteroatoms. The fraction of sp³-hybridized carbons (Fsp3) is 0.143. The summed E-state index contributed by atoms with van der Waals surface area (Å²) in [5.74, 6) is -0.726. The van der Waals surface area contributed by atoms with Crippen LogP contribution in [0.3, 0.4) is 0 Å². The summed E-state index contributed by atoms with van der Waals surface area (Å²) in [6.07, 6.45) is 0.539. The molecule has 0 saturated heterocycles. The average molecular weight is 481 g/mol. The Hall–Kier alpha value is -4.72. The van der Waals surface area contributed by atoms with Gasteiger partial charge in [0.1, 0.15) is 5.82 Å². The Kier molecular flexibility index (Phi) is 5.85. The van der Waals surface area contributed by atoms with Crippen LogP contribution in [0, 0.1) is 0 Å². The van der Waals surface area contributed by atoms with Crippen LogP contribution in [0.4, 0.5) is 11.5 Å². The minimum absolute atomic E-state index is 0.0903. The quantitative estimate of drug-likeness (QED) is 0.386. The first-order valence-electron chi connectivity index (χ1n) is 11.7. The van der Waals surface area contributed by atoms with Gasteiger partial charge in [0.15, 0.2) is 11.5 Å². The molecule has 8 nitrogen and oxygen atoms in total. The standard InChI is InChI=1S/C28H24N4O4/c1-2-14-31(23-25(29)32(28(36)30-26(23)34)16-17-8-4-3-5-9-17)27(35)18-12-13-20-19-10-6-7-11-21(19)24(33)22(20)15-18/h3-13,15H,2,14,16,29H2,1H3,(H,30,34,36). The first kappa shape index (κ1) is 23.0. The maximum Gasteiger partial charge on any atom is 0.330 e. The topological polar surface area (TPSA) is 118 Å². The van der Waals surface area contributed by atoms with Gasteiger partial charge in [-0.3, -0.25) is 23.9 Å². The summed E-state index contributed by atoms with van der Waals surface area (Å²) in [7, 11) is 0. The lowest BCUT2D eigenvalue weighted by Gasteiger charge is -2.24. The number of aromatic nitrogens is 2. The van der Waals surface area contributed by atoms with Gasteiger partial charge in [0, 0.05) is 23.2 Å². The largest absolute Gasteiger partial charge is 0.383 e. The van der Waals surface area contributed by atoms with Crippen molar-refractivity contribution in [3.05, 3.63) is 116 Å². The van der Waals surface area contributed by atoms with E-state index < -0.39 is 17.2 Å². The van der Waals surface area contributed by atoms with Crippen molar-refractivity contribution in [3.63, 3.8) is 0 Å². The molecular formula is C28H24N4O4. The van der Waals surface area contributed by atoms with E-state index in [0.717, 1.165) is 16.7 Å². The van der Waals surface area contributed by atoms with Crippen molar-refractivity contribution >= 4 is 23.2 Å². The highest BCUT2D eigenvalue weighted by atomic mass is 16.2. The summed E-state index contributed by atoms with van der Waals surface area (Å²) in [5.41, 5.74) is 8.55. The van der Waals surface area contributed by atoms with Crippen molar-refractivity contribution in [2.75, 3.05) is 17.2 Å². The van der Waals surface area contributed by atoms with Gasteiger partial charge in [0.2, 0.25) is 0 Å². The molecule has 5 rings (SSSR count). The smallest absolute Gasteiger partial charge is 0.330 e. The average Bonchev–Trinajstić information content (AvgIpc) is 3.17. The van der Waals surface area contributed by atoms with E-state index >= 15 is 0 Å². The lowest BCUT2D eigenvalue weighted by atomic mass is 10.0. The van der Waals surface area contributed by atoms with Crippen LogP contribution in [0.1, 0.15) is 45.2 Å². The zero-order valence-corrected chi connectivity index (χ0v) is 19.7. The molecule has 180 valence electrons. The van der Waals surface area contributed by atoms with Crippen molar-refractivity contribution in [1.82, 2.24) is 9.55 Å². The van der Waals surface area contributed by atoms with Crippen molar-refractivity contribution in [2.45, 2.75) is 19.9 Å². The predicted octanol–water partition coefficient (Wildman–Crippen LogP) is 3.44. The van der Waals surface area contributed by atoms with Gasteiger partial charge in [-0.2, -0.15) is 0 Å². The summed E-state index contributed by atoms with van der Waals surface area (Å²) >= 11 is 0. The van der Waals surface area contributed by atoms with Gasteiger partial charge in [-0.1, -0.05) is 67.6 Å². The molecule has 1 aromatic heterocycles. The number of H-pyrrole nitrogens is 1. The molecule has 36 heavy (non-hydrogen) atoms. The fourth-order valence-electron chi connectivity index (χ4n) is 4.62. The van der Waals surface area contributed by atoms with Crippen LogP contribution in [-0.4, -0.2) is 27.8 Å². The molecule has 0 spiro atoms. The molecule has 1 aliphatic rings. The van der Waals surface area contributed by atoms with Crippen molar-refractivity contribution in [3.8, 4) is 11.1 Å². The molecule has 0 unspecified atom stereocenters. The predicted molar refractivity (Wildman–Crippen MR) is 139 cm³/mol. The summed E-state index contributed by atoms with van der Waals surface area (Å²) in [6.45, 7) is 2.20. The van der Waals surface area contributed by atoms with Gasteiger partial charge in [0.05, 0.1) is 6.54 Å². The molecule has 0 saturated carbocycles. The first-order valence-corrected chi connectivity index (χ1v) is 11.7. The molecule has 3 aromatic carbocycles. The van der Waals surface area contributed by atoms with E-state index in [-0.39, 0.29) is 35.9 Å². The van der Waals surface area contributed by atoms with Gasteiger partial charge >= 0.3 is 5.69 Å². The van der Waals surface area contributed by atoms with Gasteiger partial charge in [-0.05, 0) is 35.2 Å². The van der Waals surface area contributed by atoms with Crippen molar-refractivity contribution < 1.29 is 9.59 Å². The molecule has 3 N–H and O–H groups in total. The van der Waals surface area contributed by atoms with E-state index in [9.17, 15) is 19.2 Å². The van der Waals surface area contributed by atoms with E-state index in [4.69, 9.17) is 5.73 Å². The molecule has 1 amide bonds. The second kappa shape index (κ2) is 9.14. The number of fused-ring (bicyclic) bond motifs is 3. The molecule has 0 aliphatic heterocycles. The van der Waals surface area contributed by atoms with Crippen LogP contribution in [0.2, 0.25) is 0 Å². The second-order valence-electron chi connectivity index (χ2n) is 8.66. The Bertz CT molecular complexity index is 1620. The summed E-state index contributed by atoms with van der Waals surface area (Å²) in [4.78, 5) is 55.7. The Morgan fingerprint density at radius 2 is 1.56 bits per heavy atom. The number of amides is 1. The lowest BCUT2D eigenvalue weighted by Crippen LogP contribution is -2.41. The van der Waals surface area contributed by atoms with Crippen molar-refractivity contribution in [1.29, 1.82) is 0 Å². The SMILES string of the molecule is CCCN(C(=O)c1ccc2c(c1)C(=O)c1ccccc1-2)c1c(N)n(Cc2ccccc2)c(=O)[nH]c1=O. The number of rotatable bonds is 6. The van der Waals surface area contributed by atoms with Crippen LogP contribution in [0.5, 0.6) is 0 Å². The summed E-state index contributed by atoms with van der Waals surface area (Å²) < 4.78 is 1.24. The number of nitrogen functional groups attached to an aromatic ring is 1. The third-order valence-electron chi connectivity index (χ3n) is 6.33. The third kappa shape index (κ3) is 3.82. The fourth-order valence-corrected chi connectivity index (χ4v) is 4.62. The van der Waals surface area contributed by atoms with E-state index in [0.29, 0.717) is 17.5 Å². The molecule has 0 radical (unpaired) electrons. The zero-order valence-electron chi connectivity index (χ0n) is 19.7. The normalized spacial score (nSPS) is 11.8. The number of hydrogen-bond acceptors (Lipinski definition) is 5. The molecule has 0 fully saturated rings. The zero-order chi connectivity index (χ0) is 25.4. The van der Waals surface area contributed by atoms with Crippen LogP contribution in [0.15, 0.2) is 82.4 Å². The Labute approximate surface area is 206 Å². The van der Waals surface area contributed by atoms with E-state index in [1.807, 2.05) is 49.4 Å². The Morgan fingerprint density at radius 3 is 2.28 bits per heavy atom. The number of nitrogens with two attached hydrogens (primary N) is 1. The van der Waals surface area contributed by atoms with E-state index in [2.05, 4.69) is 4.98 Å². The third-order valence-corrected chi connectivity index (χ3v) is 6.33. The number of aromatic amines is 1. The molecule has 1 heterocycles. The highest BCUT2D eigenvalue weighted by molar-refractivity contribution is 6.22. The maximum atomic E-state index is 13.7. The molecule has 0 atom stereocenters. The number of nitrogens with zero attached hydrogens (tertiary/aromatic N) is 2. The lowest BCUT2D eigenvalue weighted by molar-refractivity contribution is 0.0986. The first-order chi connectivity index (χ1) is 17.4. The molecule has 1 aliphatic carbocycles. The van der Waals surface area contributed by atoms with E-state index in [1.54, 1.807) is 30.3 Å². The number of nitrogens with one attached hydrogen (secondary N) is 1. The van der Waals surface area contributed by atoms with Crippen LogP contribution in [0.25, 0.3) is 11.1 Å². The van der Waals surface area contributed by atoms with Gasteiger partial charge in [-0.15, -0.1) is 0 Å². The van der Waals surface area contributed by atoms with Crippen LogP contribution < -0.4 is 21.9 Å². The van der Waals surface area contributed by atoms with Gasteiger partial charge < -0.3 is 10.6 Å². The highest BCUT2D eigenvalue weighted by Crippen LogP contribution is 2.37. The molecule has 0 bridgehead atoms.